The molecule has 158 valence electrons. The Morgan fingerprint density at radius 2 is 1.93 bits per heavy atom. The molecule has 0 spiro atoms. The van der Waals surface area contributed by atoms with Crippen LogP contribution in [-0.4, -0.2) is 62.2 Å². The molecule has 1 unspecified atom stereocenters. The third kappa shape index (κ3) is 5.92. The summed E-state index contributed by atoms with van der Waals surface area (Å²) in [5.41, 5.74) is 0.0711. The molecule has 2 fully saturated rings. The van der Waals surface area contributed by atoms with Crippen molar-refractivity contribution in [1.82, 2.24) is 15.5 Å². The van der Waals surface area contributed by atoms with Crippen LogP contribution in [0.25, 0.3) is 0 Å². The Morgan fingerprint density at radius 1 is 1.25 bits per heavy atom. The third-order valence-electron chi connectivity index (χ3n) is 5.35. The summed E-state index contributed by atoms with van der Waals surface area (Å²) in [4.78, 5) is 8.59. The Morgan fingerprint density at radius 3 is 2.50 bits per heavy atom. The topological polar surface area (TPSA) is 42.9 Å². The number of nitrogens with one attached hydrogen (secondary N) is 2. The van der Waals surface area contributed by atoms with Crippen LogP contribution in [0.1, 0.15) is 33.1 Å². The molecule has 2 aliphatic rings. The Hall–Kier alpha value is -1.16. The number of para-hydroxylation sites is 1. The van der Waals surface area contributed by atoms with Gasteiger partial charge in [0.1, 0.15) is 17.3 Å². The number of anilines is 1. The van der Waals surface area contributed by atoms with Gasteiger partial charge in [-0.3, -0.25) is 9.89 Å². The highest BCUT2D eigenvalue weighted by Gasteiger charge is 2.30. The van der Waals surface area contributed by atoms with E-state index < -0.39 is 11.6 Å². The first kappa shape index (κ1) is 23.1. The van der Waals surface area contributed by atoms with Crippen molar-refractivity contribution in [1.29, 1.82) is 0 Å². The lowest BCUT2D eigenvalue weighted by atomic mass is 10.2. The van der Waals surface area contributed by atoms with E-state index in [9.17, 15) is 8.78 Å². The zero-order chi connectivity index (χ0) is 19.4. The molecule has 1 heterocycles. The van der Waals surface area contributed by atoms with E-state index in [1.807, 2.05) is 0 Å². The molecule has 1 aliphatic carbocycles. The van der Waals surface area contributed by atoms with Crippen molar-refractivity contribution in [2.24, 2.45) is 4.99 Å². The predicted molar refractivity (Wildman–Crippen MR) is 122 cm³/mol. The van der Waals surface area contributed by atoms with Crippen molar-refractivity contribution < 1.29 is 8.78 Å². The second-order valence-corrected chi connectivity index (χ2v) is 7.71. The molecule has 2 N–H and O–H groups in total. The van der Waals surface area contributed by atoms with Gasteiger partial charge in [-0.05, 0) is 45.2 Å². The molecule has 1 saturated carbocycles. The van der Waals surface area contributed by atoms with E-state index in [1.165, 1.54) is 31.0 Å². The van der Waals surface area contributed by atoms with Crippen LogP contribution < -0.4 is 15.5 Å². The molecule has 5 nitrogen and oxygen atoms in total. The number of rotatable bonds is 7. The fourth-order valence-electron chi connectivity index (χ4n) is 3.83. The first-order valence-corrected chi connectivity index (χ1v) is 9.91. The highest BCUT2D eigenvalue weighted by molar-refractivity contribution is 14.0. The van der Waals surface area contributed by atoms with Crippen molar-refractivity contribution in [2.45, 2.75) is 51.2 Å². The lowest BCUT2D eigenvalue weighted by Gasteiger charge is -2.27. The normalized spacial score (nSPS) is 19.9. The van der Waals surface area contributed by atoms with Gasteiger partial charge >= 0.3 is 0 Å². The largest absolute Gasteiger partial charge is 0.365 e. The Labute approximate surface area is 184 Å². The molecule has 1 atom stereocenters. The van der Waals surface area contributed by atoms with E-state index in [0.717, 1.165) is 31.5 Å². The number of guanidine groups is 1. The Balaban J connectivity index is 0.00000280. The molecular formula is C20H32F2IN5. The van der Waals surface area contributed by atoms with Crippen molar-refractivity contribution in [3.05, 3.63) is 29.8 Å². The van der Waals surface area contributed by atoms with Crippen molar-refractivity contribution in [3.8, 4) is 0 Å². The van der Waals surface area contributed by atoms with Gasteiger partial charge in [0.2, 0.25) is 0 Å². The maximum Gasteiger partial charge on any atom is 0.191 e. The van der Waals surface area contributed by atoms with Gasteiger partial charge < -0.3 is 15.5 Å². The Bertz CT molecular complexity index is 644. The molecule has 1 aliphatic heterocycles. The van der Waals surface area contributed by atoms with Crippen molar-refractivity contribution >= 4 is 35.6 Å². The number of nitrogens with zero attached hydrogens (tertiary/aromatic N) is 3. The predicted octanol–water partition coefficient (Wildman–Crippen LogP) is 3.20. The van der Waals surface area contributed by atoms with Gasteiger partial charge in [0, 0.05) is 51.4 Å². The summed E-state index contributed by atoms with van der Waals surface area (Å²) in [6.07, 6.45) is 3.42. The summed E-state index contributed by atoms with van der Waals surface area (Å²) >= 11 is 0. The minimum Gasteiger partial charge on any atom is -0.365 e. The number of hydrogen-bond donors (Lipinski definition) is 2. The fraction of sp³-hybridized carbons (Fsp3) is 0.650. The van der Waals surface area contributed by atoms with Crippen LogP contribution in [0.2, 0.25) is 0 Å². The zero-order valence-corrected chi connectivity index (χ0v) is 19.3. The summed E-state index contributed by atoms with van der Waals surface area (Å²) in [6.45, 7) is 7.46. The van der Waals surface area contributed by atoms with Crippen LogP contribution in [-0.2, 0) is 0 Å². The summed E-state index contributed by atoms with van der Waals surface area (Å²) in [6, 6.07) is 5.40. The van der Waals surface area contributed by atoms with Gasteiger partial charge in [0.15, 0.2) is 5.96 Å². The average Bonchev–Trinajstić information content (AvgIpc) is 3.36. The monoisotopic (exact) mass is 507 g/mol. The van der Waals surface area contributed by atoms with Crippen LogP contribution in [0.15, 0.2) is 23.2 Å². The number of aliphatic imine (C=N–C) groups is 1. The van der Waals surface area contributed by atoms with Crippen LogP contribution >= 0.6 is 24.0 Å². The molecule has 28 heavy (non-hydrogen) atoms. The molecule has 0 amide bonds. The first-order chi connectivity index (χ1) is 13.0. The molecule has 1 saturated heterocycles. The lowest BCUT2D eigenvalue weighted by molar-refractivity contribution is 0.215. The van der Waals surface area contributed by atoms with Gasteiger partial charge in [-0.1, -0.05) is 6.07 Å². The summed E-state index contributed by atoms with van der Waals surface area (Å²) in [5, 5.41) is 6.76. The van der Waals surface area contributed by atoms with Gasteiger partial charge in [0.25, 0.3) is 0 Å². The van der Waals surface area contributed by atoms with E-state index in [-0.39, 0.29) is 35.7 Å². The van der Waals surface area contributed by atoms with E-state index in [4.69, 9.17) is 0 Å². The minimum atomic E-state index is -0.507. The SMILES string of the molecule is CN=C(NCCN(C(C)C)C1CC1)NC1CCN(c2c(F)cccc2F)C1.I. The molecule has 1 aromatic rings. The van der Waals surface area contributed by atoms with Gasteiger partial charge in [-0.25, -0.2) is 8.78 Å². The fourth-order valence-corrected chi connectivity index (χ4v) is 3.83. The number of benzene rings is 1. The van der Waals surface area contributed by atoms with Gasteiger partial charge in [-0.15, -0.1) is 24.0 Å². The standard InChI is InChI=1S/C20H31F2N5.HI/c1-14(2)27(16-7-8-16)12-10-24-20(23-3)25-15-9-11-26(13-15)19-17(21)5-4-6-18(19)22;/h4-6,14-16H,7-13H2,1-3H3,(H2,23,24,25);1H. The summed E-state index contributed by atoms with van der Waals surface area (Å²) < 4.78 is 28.0. The molecule has 0 bridgehead atoms. The molecular weight excluding hydrogens is 475 g/mol. The van der Waals surface area contributed by atoms with E-state index in [2.05, 4.69) is 34.4 Å². The minimum absolute atomic E-state index is 0. The second kappa shape index (κ2) is 10.6. The van der Waals surface area contributed by atoms with Crippen LogP contribution in [0.5, 0.6) is 0 Å². The van der Waals surface area contributed by atoms with Gasteiger partial charge in [-0.2, -0.15) is 0 Å². The molecule has 1 aromatic carbocycles. The molecule has 0 aromatic heterocycles. The third-order valence-corrected chi connectivity index (χ3v) is 5.35. The van der Waals surface area contributed by atoms with E-state index in [0.29, 0.717) is 19.1 Å². The molecule has 3 rings (SSSR count). The van der Waals surface area contributed by atoms with Crippen molar-refractivity contribution in [3.63, 3.8) is 0 Å². The van der Waals surface area contributed by atoms with E-state index >= 15 is 0 Å². The van der Waals surface area contributed by atoms with Crippen molar-refractivity contribution in [2.75, 3.05) is 38.1 Å². The number of hydrogen-bond acceptors (Lipinski definition) is 3. The molecule has 8 heteroatoms. The lowest BCUT2D eigenvalue weighted by Crippen LogP contribution is -2.47. The highest BCUT2D eigenvalue weighted by Crippen LogP contribution is 2.28. The summed E-state index contributed by atoms with van der Waals surface area (Å²) in [5.74, 6) is -0.269. The smallest absolute Gasteiger partial charge is 0.191 e. The second-order valence-electron chi connectivity index (χ2n) is 7.71. The number of halogens is 3. The van der Waals surface area contributed by atoms with Crippen LogP contribution in [0.4, 0.5) is 14.5 Å². The zero-order valence-electron chi connectivity index (χ0n) is 16.9. The summed E-state index contributed by atoms with van der Waals surface area (Å²) in [7, 11) is 1.75. The van der Waals surface area contributed by atoms with Gasteiger partial charge in [0.05, 0.1) is 0 Å². The van der Waals surface area contributed by atoms with E-state index in [1.54, 1.807) is 11.9 Å². The average molecular weight is 507 g/mol. The first-order valence-electron chi connectivity index (χ1n) is 9.91. The maximum absolute atomic E-state index is 14.0. The van der Waals surface area contributed by atoms with Crippen LogP contribution in [0, 0.1) is 11.6 Å². The highest BCUT2D eigenvalue weighted by atomic mass is 127. The van der Waals surface area contributed by atoms with Crippen LogP contribution in [0.3, 0.4) is 0 Å². The quantitative estimate of drug-likeness (QED) is 0.338. The maximum atomic E-state index is 14.0. The Kier molecular flexibility index (Phi) is 8.73. The molecule has 0 radical (unpaired) electrons.